The highest BCUT2D eigenvalue weighted by atomic mass is 16.7. The van der Waals surface area contributed by atoms with Gasteiger partial charge in [-0.25, -0.2) is 4.79 Å². The summed E-state index contributed by atoms with van der Waals surface area (Å²) in [6.07, 6.45) is 0.417. The number of carbonyl (C=O) groups is 3. The number of hydrogen-bond acceptors (Lipinski definition) is 6. The monoisotopic (exact) mass is 433 g/mol. The van der Waals surface area contributed by atoms with E-state index in [0.29, 0.717) is 30.7 Å². The number of ether oxygens (including phenoxy) is 3. The molecule has 2 aromatic rings. The van der Waals surface area contributed by atoms with Crippen molar-refractivity contribution in [3.05, 3.63) is 71.8 Å². The van der Waals surface area contributed by atoms with Crippen LogP contribution in [-0.2, 0) is 28.6 Å². The standard InChI is InChI=1S/C25H23NO6/c1-2-30-24(29)25-18-14-9-15-31-23(18)32-21(16-10-5-3-6-11-16)19(25)20(27)22(28)26(25)17-12-7-4-8-13-17/h3-8,10-13,18,23H,2,9,14-15H2,1H3/t18-,23-,25+/m0/s1. The van der Waals surface area contributed by atoms with E-state index in [9.17, 15) is 14.4 Å². The third-order valence-electron chi connectivity index (χ3n) is 6.26. The Labute approximate surface area is 185 Å². The van der Waals surface area contributed by atoms with Crippen molar-refractivity contribution in [1.82, 2.24) is 0 Å². The van der Waals surface area contributed by atoms with E-state index in [-0.39, 0.29) is 17.9 Å². The van der Waals surface area contributed by atoms with E-state index in [4.69, 9.17) is 14.2 Å². The molecule has 3 aliphatic heterocycles. The Kier molecular flexibility index (Phi) is 5.06. The van der Waals surface area contributed by atoms with Crippen LogP contribution in [0.5, 0.6) is 0 Å². The summed E-state index contributed by atoms with van der Waals surface area (Å²) in [5, 5.41) is 0. The number of carbonyl (C=O) groups excluding carboxylic acids is 3. The molecule has 0 spiro atoms. The van der Waals surface area contributed by atoms with Crippen molar-refractivity contribution in [2.24, 2.45) is 5.92 Å². The van der Waals surface area contributed by atoms with Crippen molar-refractivity contribution in [3.63, 3.8) is 0 Å². The molecule has 0 aliphatic carbocycles. The maximum atomic E-state index is 13.8. The Bertz CT molecular complexity index is 1100. The molecule has 7 heteroatoms. The molecule has 1 amide bonds. The smallest absolute Gasteiger partial charge is 0.338 e. The number of para-hydroxylation sites is 1. The van der Waals surface area contributed by atoms with Gasteiger partial charge in [0, 0.05) is 11.3 Å². The van der Waals surface area contributed by atoms with Crippen LogP contribution in [0.3, 0.4) is 0 Å². The first kappa shape index (κ1) is 20.5. The number of nitrogens with zero attached hydrogens (tertiary/aromatic N) is 1. The lowest BCUT2D eigenvalue weighted by Crippen LogP contribution is -2.64. The molecule has 5 rings (SSSR count). The number of hydrogen-bond donors (Lipinski definition) is 0. The number of esters is 1. The second-order valence-corrected chi connectivity index (χ2v) is 7.97. The molecule has 0 bridgehead atoms. The molecule has 3 atom stereocenters. The van der Waals surface area contributed by atoms with Crippen LogP contribution in [0.4, 0.5) is 5.69 Å². The van der Waals surface area contributed by atoms with Crippen LogP contribution in [-0.4, -0.2) is 42.7 Å². The predicted octanol–water partition coefficient (Wildman–Crippen LogP) is 3.10. The third-order valence-corrected chi connectivity index (χ3v) is 6.26. The molecule has 2 fully saturated rings. The molecule has 0 saturated carbocycles. The fraction of sp³-hybridized carbons (Fsp3) is 0.320. The minimum atomic E-state index is -1.67. The van der Waals surface area contributed by atoms with Crippen LogP contribution < -0.4 is 4.90 Å². The number of rotatable bonds is 4. The average Bonchev–Trinajstić information content (AvgIpc) is 3.08. The number of amides is 1. The number of anilines is 1. The number of benzene rings is 2. The van der Waals surface area contributed by atoms with Crippen molar-refractivity contribution in [3.8, 4) is 0 Å². The fourth-order valence-electron chi connectivity index (χ4n) is 5.02. The summed E-state index contributed by atoms with van der Waals surface area (Å²) < 4.78 is 17.7. The van der Waals surface area contributed by atoms with Crippen LogP contribution in [0.25, 0.3) is 5.76 Å². The zero-order chi connectivity index (χ0) is 22.3. The van der Waals surface area contributed by atoms with Gasteiger partial charge in [0.2, 0.25) is 6.29 Å². The molecule has 7 nitrogen and oxygen atoms in total. The summed E-state index contributed by atoms with van der Waals surface area (Å²) in [5.74, 6) is -2.57. The molecule has 0 N–H and O–H groups in total. The van der Waals surface area contributed by atoms with E-state index in [1.165, 1.54) is 4.90 Å². The van der Waals surface area contributed by atoms with Crippen molar-refractivity contribution in [2.75, 3.05) is 18.1 Å². The first-order valence-electron chi connectivity index (χ1n) is 10.8. The maximum Gasteiger partial charge on any atom is 0.338 e. The van der Waals surface area contributed by atoms with E-state index < -0.39 is 35.4 Å². The molecule has 164 valence electrons. The minimum absolute atomic E-state index is 0.0303. The average molecular weight is 433 g/mol. The van der Waals surface area contributed by atoms with Gasteiger partial charge in [0.15, 0.2) is 5.54 Å². The van der Waals surface area contributed by atoms with Gasteiger partial charge in [-0.2, -0.15) is 0 Å². The first-order valence-corrected chi connectivity index (χ1v) is 10.8. The Balaban J connectivity index is 1.85. The summed E-state index contributed by atoms with van der Waals surface area (Å²) >= 11 is 0. The van der Waals surface area contributed by atoms with Crippen LogP contribution in [0, 0.1) is 5.92 Å². The summed E-state index contributed by atoms with van der Waals surface area (Å²) in [6.45, 7) is 2.28. The van der Waals surface area contributed by atoms with Gasteiger partial charge in [-0.15, -0.1) is 0 Å². The molecule has 2 aromatic carbocycles. The second-order valence-electron chi connectivity index (χ2n) is 7.97. The van der Waals surface area contributed by atoms with Crippen LogP contribution in [0.1, 0.15) is 25.3 Å². The second kappa shape index (κ2) is 7.91. The molecule has 3 heterocycles. The van der Waals surface area contributed by atoms with Crippen molar-refractivity contribution in [1.29, 1.82) is 0 Å². The lowest BCUT2D eigenvalue weighted by atomic mass is 9.71. The Morgan fingerprint density at radius 2 is 1.78 bits per heavy atom. The van der Waals surface area contributed by atoms with E-state index >= 15 is 0 Å². The molecule has 3 aliphatic rings. The zero-order valence-corrected chi connectivity index (χ0v) is 17.7. The number of Topliss-reactive ketones (excluding diaryl/α,β-unsaturated/α-hetero) is 1. The fourth-order valence-corrected chi connectivity index (χ4v) is 5.02. The van der Waals surface area contributed by atoms with Gasteiger partial charge in [0.1, 0.15) is 5.76 Å². The van der Waals surface area contributed by atoms with Gasteiger partial charge in [-0.05, 0) is 31.9 Å². The van der Waals surface area contributed by atoms with Crippen molar-refractivity contribution in [2.45, 2.75) is 31.6 Å². The highest BCUT2D eigenvalue weighted by Gasteiger charge is 2.70. The third kappa shape index (κ3) is 2.81. The van der Waals surface area contributed by atoms with E-state index in [0.717, 1.165) is 0 Å². The summed E-state index contributed by atoms with van der Waals surface area (Å²) in [7, 11) is 0. The summed E-state index contributed by atoms with van der Waals surface area (Å²) in [6, 6.07) is 17.8. The largest absolute Gasteiger partial charge is 0.464 e. The first-order chi connectivity index (χ1) is 15.6. The van der Waals surface area contributed by atoms with Crippen LogP contribution in [0.15, 0.2) is 66.2 Å². The van der Waals surface area contributed by atoms with Gasteiger partial charge < -0.3 is 14.2 Å². The Morgan fingerprint density at radius 3 is 2.47 bits per heavy atom. The summed E-state index contributed by atoms with van der Waals surface area (Å²) in [5.41, 5.74) is -0.588. The molecule has 32 heavy (non-hydrogen) atoms. The Morgan fingerprint density at radius 1 is 1.09 bits per heavy atom. The molecule has 2 saturated heterocycles. The van der Waals surface area contributed by atoms with E-state index in [1.54, 1.807) is 43.3 Å². The van der Waals surface area contributed by atoms with E-state index in [1.807, 2.05) is 24.3 Å². The van der Waals surface area contributed by atoms with E-state index in [2.05, 4.69) is 0 Å². The zero-order valence-electron chi connectivity index (χ0n) is 17.7. The normalized spacial score (nSPS) is 27.0. The van der Waals surface area contributed by atoms with Crippen LogP contribution in [0.2, 0.25) is 0 Å². The quantitative estimate of drug-likeness (QED) is 0.544. The van der Waals surface area contributed by atoms with Gasteiger partial charge in [0.25, 0.3) is 5.78 Å². The number of ketones is 1. The van der Waals surface area contributed by atoms with Gasteiger partial charge >= 0.3 is 11.9 Å². The summed E-state index contributed by atoms with van der Waals surface area (Å²) in [4.78, 5) is 42.1. The van der Waals surface area contributed by atoms with Gasteiger partial charge in [-0.3, -0.25) is 14.5 Å². The van der Waals surface area contributed by atoms with Gasteiger partial charge in [0.05, 0.1) is 24.7 Å². The molecular weight excluding hydrogens is 410 g/mol. The van der Waals surface area contributed by atoms with Crippen LogP contribution >= 0.6 is 0 Å². The highest BCUT2D eigenvalue weighted by molar-refractivity contribution is 6.54. The van der Waals surface area contributed by atoms with Gasteiger partial charge in [-0.1, -0.05) is 48.5 Å². The molecule has 0 radical (unpaired) electrons. The topological polar surface area (TPSA) is 82.1 Å². The molecule has 0 aromatic heterocycles. The molecule has 0 unspecified atom stereocenters. The number of fused-ring (bicyclic) bond motifs is 3. The molecular formula is C25H23NO6. The Hall–Kier alpha value is -3.45. The van der Waals surface area contributed by atoms with Crippen molar-refractivity contribution >= 4 is 29.1 Å². The SMILES string of the molecule is CCOC(=O)[C@]12C(=C(c3ccccc3)O[C@@H]3OCCC[C@@H]31)C(=O)C(=O)N2c1ccccc1. The minimum Gasteiger partial charge on any atom is -0.464 e. The predicted molar refractivity (Wildman–Crippen MR) is 115 cm³/mol. The highest BCUT2D eigenvalue weighted by Crippen LogP contribution is 2.53. The van der Waals surface area contributed by atoms with Crippen molar-refractivity contribution < 1.29 is 28.6 Å². The lowest BCUT2D eigenvalue weighted by Gasteiger charge is -2.49. The maximum absolute atomic E-state index is 13.8. The lowest BCUT2D eigenvalue weighted by molar-refractivity contribution is -0.189.